The molecule has 158 valence electrons. The second-order valence-electron chi connectivity index (χ2n) is 7.82. The summed E-state index contributed by atoms with van der Waals surface area (Å²) in [6.45, 7) is 3.80. The average Bonchev–Trinajstić information content (AvgIpc) is 2.65. The standard InChI is InChI=1S/C24H25FO5/c1-24(2)20(12-11-17(26)13-18(27)14-22(28)29)23(15-7-9-16(25)10-8-15)19-5-3-4-6-21(19)30-24/h3-12,17-18,26-27H,13-14H2,1-2H3,(H,28,29)/b12-11+/t17-,18-/m1/s1. The van der Waals surface area contributed by atoms with Gasteiger partial charge in [-0.25, -0.2) is 4.39 Å². The minimum atomic E-state index is -1.15. The van der Waals surface area contributed by atoms with Gasteiger partial charge >= 0.3 is 5.97 Å². The molecule has 0 bridgehead atoms. The Balaban J connectivity index is 2.03. The third-order valence-electron chi connectivity index (χ3n) is 4.98. The summed E-state index contributed by atoms with van der Waals surface area (Å²) in [6.07, 6.45) is 0.532. The maximum atomic E-state index is 13.5. The first-order valence-corrected chi connectivity index (χ1v) is 9.72. The van der Waals surface area contributed by atoms with Gasteiger partial charge in [0.25, 0.3) is 0 Å². The average molecular weight is 412 g/mol. The molecule has 0 aromatic heterocycles. The number of hydrogen-bond donors (Lipinski definition) is 3. The number of carboxylic acid groups (broad SMARTS) is 1. The third-order valence-corrected chi connectivity index (χ3v) is 4.98. The summed E-state index contributed by atoms with van der Waals surface area (Å²) in [7, 11) is 0. The molecule has 3 N–H and O–H groups in total. The lowest BCUT2D eigenvalue weighted by molar-refractivity contribution is -0.139. The number of aliphatic hydroxyl groups is 2. The van der Waals surface area contributed by atoms with E-state index >= 15 is 0 Å². The Hall–Kier alpha value is -2.96. The Morgan fingerprint density at radius 1 is 1.13 bits per heavy atom. The maximum Gasteiger partial charge on any atom is 0.305 e. The van der Waals surface area contributed by atoms with Crippen LogP contribution in [0.3, 0.4) is 0 Å². The fourth-order valence-electron chi connectivity index (χ4n) is 3.60. The van der Waals surface area contributed by atoms with Gasteiger partial charge in [0.15, 0.2) is 0 Å². The minimum absolute atomic E-state index is 0.0974. The number of halogens is 1. The third kappa shape index (κ3) is 4.96. The van der Waals surface area contributed by atoms with Crippen LogP contribution >= 0.6 is 0 Å². The van der Waals surface area contributed by atoms with E-state index in [1.165, 1.54) is 18.2 Å². The molecule has 0 aliphatic carbocycles. The van der Waals surface area contributed by atoms with Gasteiger partial charge in [-0.2, -0.15) is 0 Å². The van der Waals surface area contributed by atoms with E-state index in [1.807, 2.05) is 38.1 Å². The zero-order valence-electron chi connectivity index (χ0n) is 16.9. The highest BCUT2D eigenvalue weighted by Gasteiger charge is 2.34. The van der Waals surface area contributed by atoms with Crippen molar-refractivity contribution in [1.29, 1.82) is 0 Å². The molecule has 0 radical (unpaired) electrons. The van der Waals surface area contributed by atoms with E-state index in [4.69, 9.17) is 9.84 Å². The van der Waals surface area contributed by atoms with Crippen LogP contribution in [0.2, 0.25) is 0 Å². The van der Waals surface area contributed by atoms with Crippen molar-refractivity contribution in [3.8, 4) is 5.75 Å². The Morgan fingerprint density at radius 3 is 2.47 bits per heavy atom. The number of ether oxygens (including phenoxy) is 1. The molecule has 2 aromatic carbocycles. The van der Waals surface area contributed by atoms with Gasteiger partial charge in [0.2, 0.25) is 0 Å². The van der Waals surface area contributed by atoms with Gasteiger partial charge < -0.3 is 20.1 Å². The summed E-state index contributed by atoms with van der Waals surface area (Å²) in [5.74, 6) is -0.756. The summed E-state index contributed by atoms with van der Waals surface area (Å²) in [4.78, 5) is 10.7. The normalized spacial score (nSPS) is 17.4. The van der Waals surface area contributed by atoms with Crippen molar-refractivity contribution in [2.45, 2.75) is 44.5 Å². The van der Waals surface area contributed by atoms with Gasteiger partial charge in [0.1, 0.15) is 17.2 Å². The maximum absolute atomic E-state index is 13.5. The van der Waals surface area contributed by atoms with Crippen molar-refractivity contribution in [3.63, 3.8) is 0 Å². The zero-order valence-corrected chi connectivity index (χ0v) is 16.9. The SMILES string of the molecule is CC1(C)Oc2ccccc2C(c2ccc(F)cc2)=C1/C=C/[C@@H](O)C[C@@H](O)CC(=O)O. The van der Waals surface area contributed by atoms with Crippen LogP contribution < -0.4 is 4.74 Å². The lowest BCUT2D eigenvalue weighted by Gasteiger charge is -2.36. The van der Waals surface area contributed by atoms with E-state index in [9.17, 15) is 19.4 Å². The molecule has 0 saturated heterocycles. The van der Waals surface area contributed by atoms with Crippen molar-refractivity contribution >= 4 is 11.5 Å². The molecule has 0 spiro atoms. The highest BCUT2D eigenvalue weighted by Crippen LogP contribution is 2.44. The van der Waals surface area contributed by atoms with Crippen LogP contribution in [0.15, 0.2) is 66.3 Å². The number of fused-ring (bicyclic) bond motifs is 1. The highest BCUT2D eigenvalue weighted by molar-refractivity contribution is 5.88. The summed E-state index contributed by atoms with van der Waals surface area (Å²) in [5.41, 5.74) is 2.55. The number of carboxylic acids is 1. The highest BCUT2D eigenvalue weighted by atomic mass is 19.1. The second-order valence-corrected chi connectivity index (χ2v) is 7.82. The molecule has 0 unspecified atom stereocenters. The van der Waals surface area contributed by atoms with Gasteiger partial charge in [-0.05, 0) is 43.2 Å². The molecule has 30 heavy (non-hydrogen) atoms. The lowest BCUT2D eigenvalue weighted by Crippen LogP contribution is -2.34. The zero-order chi connectivity index (χ0) is 21.9. The molecule has 1 aliphatic heterocycles. The Morgan fingerprint density at radius 2 is 1.80 bits per heavy atom. The second kappa shape index (κ2) is 8.81. The van der Waals surface area contributed by atoms with E-state index in [0.717, 1.165) is 22.3 Å². The van der Waals surface area contributed by atoms with Crippen LogP contribution in [0, 0.1) is 5.82 Å². The van der Waals surface area contributed by atoms with Crippen molar-refractivity contribution in [3.05, 3.63) is 83.2 Å². The minimum Gasteiger partial charge on any atom is -0.482 e. The molecule has 2 aromatic rings. The van der Waals surface area contributed by atoms with E-state index in [-0.39, 0.29) is 12.2 Å². The molecule has 1 aliphatic rings. The van der Waals surface area contributed by atoms with Gasteiger partial charge in [-0.15, -0.1) is 0 Å². The predicted octanol–water partition coefficient (Wildman–Crippen LogP) is 3.94. The summed E-state index contributed by atoms with van der Waals surface area (Å²) in [6, 6.07) is 13.8. The fraction of sp³-hybridized carbons (Fsp3) is 0.292. The van der Waals surface area contributed by atoms with Crippen molar-refractivity contribution < 1.29 is 29.2 Å². The fourth-order valence-corrected chi connectivity index (χ4v) is 3.60. The summed E-state index contributed by atoms with van der Waals surface area (Å²) >= 11 is 0. The summed E-state index contributed by atoms with van der Waals surface area (Å²) in [5, 5.41) is 28.8. The number of carbonyl (C=O) groups is 1. The van der Waals surface area contributed by atoms with E-state index in [2.05, 4.69) is 0 Å². The van der Waals surface area contributed by atoms with Crippen LogP contribution in [0.1, 0.15) is 37.8 Å². The molecule has 3 rings (SSSR count). The number of aliphatic carboxylic acids is 1. The van der Waals surface area contributed by atoms with E-state index in [1.54, 1.807) is 18.2 Å². The first-order valence-electron chi connectivity index (χ1n) is 9.72. The lowest BCUT2D eigenvalue weighted by atomic mass is 9.82. The van der Waals surface area contributed by atoms with Crippen LogP contribution in [-0.4, -0.2) is 39.1 Å². The first kappa shape index (κ1) is 21.7. The molecule has 0 saturated carbocycles. The quantitative estimate of drug-likeness (QED) is 0.641. The number of hydrogen-bond acceptors (Lipinski definition) is 4. The molecule has 1 heterocycles. The van der Waals surface area contributed by atoms with E-state index in [0.29, 0.717) is 5.75 Å². The first-order chi connectivity index (χ1) is 14.2. The van der Waals surface area contributed by atoms with Crippen LogP contribution in [-0.2, 0) is 4.79 Å². The van der Waals surface area contributed by atoms with E-state index < -0.39 is 30.2 Å². The predicted molar refractivity (Wildman–Crippen MR) is 112 cm³/mol. The topological polar surface area (TPSA) is 87.0 Å². The molecular formula is C24H25FO5. The van der Waals surface area contributed by atoms with Crippen LogP contribution in [0.5, 0.6) is 5.75 Å². The number of benzene rings is 2. The van der Waals surface area contributed by atoms with Gasteiger partial charge in [-0.1, -0.05) is 42.5 Å². The Kier molecular flexibility index (Phi) is 6.39. The summed E-state index contributed by atoms with van der Waals surface area (Å²) < 4.78 is 19.7. The van der Waals surface area contributed by atoms with Crippen molar-refractivity contribution in [2.75, 3.05) is 0 Å². The Bertz CT molecular complexity index is 975. The van der Waals surface area contributed by atoms with Gasteiger partial charge in [-0.3, -0.25) is 4.79 Å². The van der Waals surface area contributed by atoms with Gasteiger partial charge in [0, 0.05) is 17.6 Å². The van der Waals surface area contributed by atoms with Crippen molar-refractivity contribution in [2.24, 2.45) is 0 Å². The molecule has 2 atom stereocenters. The monoisotopic (exact) mass is 412 g/mol. The van der Waals surface area contributed by atoms with Crippen LogP contribution in [0.25, 0.3) is 5.57 Å². The molecule has 6 heteroatoms. The Labute approximate surface area is 174 Å². The van der Waals surface area contributed by atoms with Crippen molar-refractivity contribution in [1.82, 2.24) is 0 Å². The smallest absolute Gasteiger partial charge is 0.305 e. The molecule has 0 fully saturated rings. The molecule has 0 amide bonds. The van der Waals surface area contributed by atoms with Gasteiger partial charge in [0.05, 0.1) is 18.6 Å². The number of aliphatic hydroxyl groups excluding tert-OH is 2. The number of rotatable bonds is 7. The largest absolute Gasteiger partial charge is 0.482 e. The number of para-hydroxylation sites is 1. The van der Waals surface area contributed by atoms with Crippen LogP contribution in [0.4, 0.5) is 4.39 Å². The molecule has 5 nitrogen and oxygen atoms in total. The molecular weight excluding hydrogens is 387 g/mol.